The van der Waals surface area contributed by atoms with Gasteiger partial charge in [-0.05, 0) is 41.5 Å². The Kier molecular flexibility index (Phi) is 2.82. The highest BCUT2D eigenvalue weighted by atomic mass is 14.7. The topological polar surface area (TPSA) is 52.0 Å². The number of fused-ring (bicyclic) bond motifs is 1. The van der Waals surface area contributed by atoms with Crippen molar-refractivity contribution in [3.63, 3.8) is 0 Å². The number of nitrogen functional groups attached to an aromatic ring is 1. The van der Waals surface area contributed by atoms with Crippen LogP contribution in [-0.4, -0.2) is 0 Å². The molecule has 0 heterocycles. The van der Waals surface area contributed by atoms with Crippen LogP contribution in [0.5, 0.6) is 0 Å². The highest BCUT2D eigenvalue weighted by molar-refractivity contribution is 5.46. The van der Waals surface area contributed by atoms with E-state index < -0.39 is 0 Å². The zero-order valence-corrected chi connectivity index (χ0v) is 13.5. The second-order valence-electron chi connectivity index (χ2n) is 7.88. The first kappa shape index (κ1) is 14.2. The van der Waals surface area contributed by atoms with E-state index in [0.29, 0.717) is 5.92 Å². The highest BCUT2D eigenvalue weighted by Crippen LogP contribution is 2.66. The molecule has 4 N–H and O–H groups in total. The molecule has 2 heteroatoms. The third kappa shape index (κ3) is 1.85. The minimum atomic E-state index is 0.0789. The largest absolute Gasteiger partial charge is 0.399 e. The van der Waals surface area contributed by atoms with Gasteiger partial charge >= 0.3 is 0 Å². The zero-order chi connectivity index (χ0) is 15.5. The summed E-state index contributed by atoms with van der Waals surface area (Å²) in [7, 11) is 0. The Morgan fingerprint density at radius 1 is 1.00 bits per heavy atom. The summed E-state index contributed by atoms with van der Waals surface area (Å²) in [6.45, 7) is 9.49. The normalized spacial score (nSPS) is 37.1. The Balaban J connectivity index is 2.16. The molecule has 2 nitrogen and oxygen atoms in total. The third-order valence-electron chi connectivity index (χ3n) is 6.02. The molecule has 3 unspecified atom stereocenters. The maximum Gasteiger partial charge on any atom is 0.0314 e. The van der Waals surface area contributed by atoms with Gasteiger partial charge in [0.05, 0.1) is 0 Å². The average molecular weight is 282 g/mol. The van der Waals surface area contributed by atoms with Crippen molar-refractivity contribution in [3.05, 3.63) is 53.8 Å². The first-order valence-corrected chi connectivity index (χ1v) is 7.72. The van der Waals surface area contributed by atoms with Gasteiger partial charge in [0.1, 0.15) is 0 Å². The molecule has 0 aliphatic heterocycles. The number of hydrogen-bond acceptors (Lipinski definition) is 2. The minimum Gasteiger partial charge on any atom is -0.399 e. The summed E-state index contributed by atoms with van der Waals surface area (Å²) in [5, 5.41) is 0. The number of allylic oxidation sites excluding steroid dienone is 3. The number of anilines is 1. The van der Waals surface area contributed by atoms with Gasteiger partial charge in [0.2, 0.25) is 0 Å². The lowest BCUT2D eigenvalue weighted by atomic mass is 9.59. The molecule has 21 heavy (non-hydrogen) atoms. The van der Waals surface area contributed by atoms with Gasteiger partial charge in [-0.1, -0.05) is 52.0 Å². The summed E-state index contributed by atoms with van der Waals surface area (Å²) >= 11 is 0. The summed E-state index contributed by atoms with van der Waals surface area (Å²) in [6, 6.07) is 8.41. The number of nitrogens with two attached hydrogens (primary N) is 2. The lowest BCUT2D eigenvalue weighted by molar-refractivity contribution is 0.199. The second kappa shape index (κ2) is 4.16. The first-order valence-electron chi connectivity index (χ1n) is 7.72. The number of hydrogen-bond donors (Lipinski definition) is 2. The summed E-state index contributed by atoms with van der Waals surface area (Å²) in [6.07, 6.45) is 7.81. The standard InChI is InChI=1S/C19H26N2/c1-17(2)12-19(4,13-5-7-14(20)8-6-13)18(3)10-9-15(21)11-16(17)18/h5-11,16H,12,20-21H2,1-4H3. The number of benzene rings is 1. The predicted molar refractivity (Wildman–Crippen MR) is 89.6 cm³/mol. The van der Waals surface area contributed by atoms with E-state index in [9.17, 15) is 0 Å². The predicted octanol–water partition coefficient (Wildman–Crippen LogP) is 3.99. The van der Waals surface area contributed by atoms with E-state index >= 15 is 0 Å². The smallest absolute Gasteiger partial charge is 0.0314 e. The summed E-state index contributed by atoms with van der Waals surface area (Å²) < 4.78 is 0. The molecule has 0 amide bonds. The SMILES string of the molecule is CC1(C)CC(C)(c2ccc(N)cc2)C2(C)C=CC(N)=CC12. The van der Waals surface area contributed by atoms with Gasteiger partial charge in [-0.15, -0.1) is 0 Å². The van der Waals surface area contributed by atoms with Crippen molar-refractivity contribution in [2.45, 2.75) is 39.5 Å². The van der Waals surface area contributed by atoms with Crippen LogP contribution in [0.2, 0.25) is 0 Å². The van der Waals surface area contributed by atoms with Crippen LogP contribution in [0.4, 0.5) is 5.69 Å². The van der Waals surface area contributed by atoms with Crippen LogP contribution in [0.15, 0.2) is 48.2 Å². The van der Waals surface area contributed by atoms with Gasteiger partial charge in [-0.25, -0.2) is 0 Å². The fraction of sp³-hybridized carbons (Fsp3) is 0.474. The van der Waals surface area contributed by atoms with E-state index in [-0.39, 0.29) is 16.2 Å². The molecule has 3 atom stereocenters. The average Bonchev–Trinajstić information content (AvgIpc) is 2.56. The van der Waals surface area contributed by atoms with E-state index in [1.807, 2.05) is 12.1 Å². The van der Waals surface area contributed by atoms with Crippen LogP contribution in [-0.2, 0) is 5.41 Å². The van der Waals surface area contributed by atoms with Gasteiger partial charge in [0.15, 0.2) is 0 Å². The molecule has 3 rings (SSSR count). The monoisotopic (exact) mass is 282 g/mol. The minimum absolute atomic E-state index is 0.0789. The fourth-order valence-corrected chi connectivity index (χ4v) is 4.83. The van der Waals surface area contributed by atoms with E-state index in [1.54, 1.807) is 0 Å². The summed E-state index contributed by atoms with van der Waals surface area (Å²) in [4.78, 5) is 0. The molecule has 0 aromatic heterocycles. The molecule has 0 bridgehead atoms. The lowest BCUT2D eigenvalue weighted by Crippen LogP contribution is -2.40. The van der Waals surface area contributed by atoms with E-state index in [4.69, 9.17) is 11.5 Å². The van der Waals surface area contributed by atoms with Gasteiger partial charge < -0.3 is 11.5 Å². The van der Waals surface area contributed by atoms with Crippen molar-refractivity contribution in [2.75, 3.05) is 5.73 Å². The maximum absolute atomic E-state index is 6.08. The van der Waals surface area contributed by atoms with Crippen molar-refractivity contribution in [1.29, 1.82) is 0 Å². The molecule has 1 aromatic carbocycles. The van der Waals surface area contributed by atoms with Gasteiger partial charge in [0, 0.05) is 22.2 Å². The van der Waals surface area contributed by atoms with Gasteiger partial charge in [0.25, 0.3) is 0 Å². The fourth-order valence-electron chi connectivity index (χ4n) is 4.83. The Morgan fingerprint density at radius 3 is 2.24 bits per heavy atom. The zero-order valence-electron chi connectivity index (χ0n) is 13.5. The van der Waals surface area contributed by atoms with E-state index in [1.165, 1.54) is 5.56 Å². The van der Waals surface area contributed by atoms with Crippen molar-refractivity contribution < 1.29 is 0 Å². The van der Waals surface area contributed by atoms with Crippen LogP contribution >= 0.6 is 0 Å². The molecule has 0 radical (unpaired) electrons. The second-order valence-corrected chi connectivity index (χ2v) is 7.88. The van der Waals surface area contributed by atoms with Crippen molar-refractivity contribution in [3.8, 4) is 0 Å². The molecule has 1 saturated carbocycles. The van der Waals surface area contributed by atoms with Crippen LogP contribution in [0.25, 0.3) is 0 Å². The van der Waals surface area contributed by atoms with Crippen molar-refractivity contribution in [2.24, 2.45) is 22.5 Å². The van der Waals surface area contributed by atoms with Crippen LogP contribution in [0.1, 0.15) is 39.7 Å². The lowest BCUT2D eigenvalue weighted by Gasteiger charge is -2.44. The molecular formula is C19H26N2. The molecule has 0 saturated heterocycles. The Labute approximate surface area is 127 Å². The third-order valence-corrected chi connectivity index (χ3v) is 6.02. The summed E-state index contributed by atoms with van der Waals surface area (Å²) in [5.74, 6) is 0.456. The van der Waals surface area contributed by atoms with E-state index in [0.717, 1.165) is 17.8 Å². The molecule has 112 valence electrons. The Bertz CT molecular complexity index is 623. The van der Waals surface area contributed by atoms with Crippen LogP contribution in [0, 0.1) is 16.7 Å². The first-order chi connectivity index (χ1) is 9.69. The quantitative estimate of drug-likeness (QED) is 0.765. The maximum atomic E-state index is 6.08. The number of rotatable bonds is 1. The Morgan fingerprint density at radius 2 is 1.62 bits per heavy atom. The Hall–Kier alpha value is -1.70. The molecule has 2 aliphatic carbocycles. The highest BCUT2D eigenvalue weighted by Gasteiger charge is 2.61. The summed E-state index contributed by atoms with van der Waals surface area (Å²) in [5.41, 5.74) is 15.4. The van der Waals surface area contributed by atoms with E-state index in [2.05, 4.69) is 58.1 Å². The van der Waals surface area contributed by atoms with Gasteiger partial charge in [-0.2, -0.15) is 0 Å². The van der Waals surface area contributed by atoms with Crippen LogP contribution < -0.4 is 11.5 Å². The molecule has 0 spiro atoms. The van der Waals surface area contributed by atoms with Crippen molar-refractivity contribution in [1.82, 2.24) is 0 Å². The van der Waals surface area contributed by atoms with Gasteiger partial charge in [-0.3, -0.25) is 0 Å². The molecule has 1 fully saturated rings. The molecular weight excluding hydrogens is 256 g/mol. The molecule has 2 aliphatic rings. The van der Waals surface area contributed by atoms with Crippen LogP contribution in [0.3, 0.4) is 0 Å². The van der Waals surface area contributed by atoms with Crippen molar-refractivity contribution >= 4 is 5.69 Å². The molecule has 1 aromatic rings.